The van der Waals surface area contributed by atoms with Crippen LogP contribution in [0, 0.1) is 0 Å². The van der Waals surface area contributed by atoms with E-state index in [1.54, 1.807) is 23.0 Å². The second-order valence-corrected chi connectivity index (χ2v) is 2.94. The van der Waals surface area contributed by atoms with Gasteiger partial charge in [0.2, 0.25) is 0 Å². The molecule has 0 aliphatic carbocycles. The predicted octanol–water partition coefficient (Wildman–Crippen LogP) is 1.78. The van der Waals surface area contributed by atoms with Gasteiger partial charge in [0.25, 0.3) is 0 Å². The van der Waals surface area contributed by atoms with Crippen molar-refractivity contribution in [2.45, 2.75) is 6.54 Å². The van der Waals surface area contributed by atoms with Gasteiger partial charge >= 0.3 is 0 Å². The largest absolute Gasteiger partial charge is 0.369 e. The molecule has 0 saturated carbocycles. The molecule has 0 unspecified atom stereocenters. The van der Waals surface area contributed by atoms with E-state index >= 15 is 0 Å². The zero-order valence-corrected chi connectivity index (χ0v) is 7.18. The minimum absolute atomic E-state index is 0.234. The van der Waals surface area contributed by atoms with Crippen molar-refractivity contribution in [2.24, 2.45) is 0 Å². The van der Waals surface area contributed by atoms with Gasteiger partial charge in [-0.15, -0.1) is 0 Å². The van der Waals surface area contributed by atoms with Crippen LogP contribution in [0.4, 0.5) is 5.95 Å². The second-order valence-electron chi connectivity index (χ2n) is 1.93. The van der Waals surface area contributed by atoms with Gasteiger partial charge in [0.05, 0.1) is 0 Å². The molecule has 0 spiro atoms. The second kappa shape index (κ2) is 3.64. The van der Waals surface area contributed by atoms with Crippen molar-refractivity contribution in [1.82, 2.24) is 9.55 Å². The molecule has 1 rings (SSSR count). The maximum Gasteiger partial charge on any atom is 0.200 e. The Morgan fingerprint density at radius 2 is 2.45 bits per heavy atom. The van der Waals surface area contributed by atoms with Crippen molar-refractivity contribution < 1.29 is 0 Å². The molecule has 0 fully saturated rings. The van der Waals surface area contributed by atoms with Gasteiger partial charge in [-0.05, 0) is 6.08 Å². The SMILES string of the molecule is Nc1nccn1CC=C(Cl)Cl. The first kappa shape index (κ1) is 8.43. The summed E-state index contributed by atoms with van der Waals surface area (Å²) in [7, 11) is 0. The van der Waals surface area contributed by atoms with Crippen LogP contribution in [0.1, 0.15) is 0 Å². The third-order valence-electron chi connectivity index (χ3n) is 1.19. The Labute approximate surface area is 74.4 Å². The van der Waals surface area contributed by atoms with Crippen molar-refractivity contribution in [2.75, 3.05) is 5.73 Å². The Morgan fingerprint density at radius 3 is 2.91 bits per heavy atom. The van der Waals surface area contributed by atoms with Gasteiger partial charge in [0.1, 0.15) is 4.49 Å². The van der Waals surface area contributed by atoms with Crippen LogP contribution in [0.3, 0.4) is 0 Å². The fourth-order valence-electron chi connectivity index (χ4n) is 0.662. The van der Waals surface area contributed by atoms with E-state index in [0.29, 0.717) is 12.5 Å². The first-order valence-electron chi connectivity index (χ1n) is 2.98. The molecule has 0 aromatic carbocycles. The number of hydrogen-bond acceptors (Lipinski definition) is 2. The molecule has 3 nitrogen and oxygen atoms in total. The predicted molar refractivity (Wildman–Crippen MR) is 46.4 cm³/mol. The standard InChI is InChI=1S/C6H7Cl2N3/c7-5(8)1-3-11-4-2-10-6(11)9/h1-2,4H,3H2,(H2,9,10). The number of aromatic nitrogens is 2. The highest BCUT2D eigenvalue weighted by Gasteiger charge is 1.93. The molecule has 0 bridgehead atoms. The number of rotatable bonds is 2. The zero-order valence-electron chi connectivity index (χ0n) is 5.67. The van der Waals surface area contributed by atoms with E-state index in [1.807, 2.05) is 0 Å². The van der Waals surface area contributed by atoms with Crippen molar-refractivity contribution in [3.8, 4) is 0 Å². The van der Waals surface area contributed by atoms with Crippen LogP contribution in [0.5, 0.6) is 0 Å². The fraction of sp³-hybridized carbons (Fsp3) is 0.167. The maximum absolute atomic E-state index is 5.46. The minimum Gasteiger partial charge on any atom is -0.369 e. The zero-order chi connectivity index (χ0) is 8.27. The molecular formula is C6H7Cl2N3. The summed E-state index contributed by atoms with van der Waals surface area (Å²) in [6.07, 6.45) is 5.01. The van der Waals surface area contributed by atoms with Gasteiger partial charge in [0, 0.05) is 18.9 Å². The third kappa shape index (κ3) is 2.44. The first-order chi connectivity index (χ1) is 5.20. The van der Waals surface area contributed by atoms with Crippen molar-refractivity contribution in [3.63, 3.8) is 0 Å². The minimum atomic E-state index is 0.234. The molecule has 0 radical (unpaired) electrons. The summed E-state index contributed by atoms with van der Waals surface area (Å²) < 4.78 is 1.96. The van der Waals surface area contributed by atoms with Crippen LogP contribution < -0.4 is 5.73 Å². The number of hydrogen-bond donors (Lipinski definition) is 1. The summed E-state index contributed by atoms with van der Waals surface area (Å²) in [6.45, 7) is 0.550. The molecule has 1 aromatic heterocycles. The lowest BCUT2D eigenvalue weighted by Crippen LogP contribution is -2.00. The monoisotopic (exact) mass is 191 g/mol. The Bertz CT molecular complexity index is 263. The van der Waals surface area contributed by atoms with Gasteiger partial charge in [-0.25, -0.2) is 4.98 Å². The van der Waals surface area contributed by atoms with Gasteiger partial charge in [0.15, 0.2) is 5.95 Å². The number of allylic oxidation sites excluding steroid dienone is 1. The van der Waals surface area contributed by atoms with E-state index in [9.17, 15) is 0 Å². The van der Waals surface area contributed by atoms with Crippen LogP contribution >= 0.6 is 23.2 Å². The third-order valence-corrected chi connectivity index (χ3v) is 1.50. The van der Waals surface area contributed by atoms with Crippen LogP contribution in [-0.2, 0) is 6.54 Å². The Balaban J connectivity index is 2.65. The van der Waals surface area contributed by atoms with Gasteiger partial charge in [-0.1, -0.05) is 23.2 Å². The van der Waals surface area contributed by atoms with E-state index in [0.717, 1.165) is 0 Å². The number of imidazole rings is 1. The Morgan fingerprint density at radius 1 is 1.73 bits per heavy atom. The van der Waals surface area contributed by atoms with Crippen LogP contribution in [0.15, 0.2) is 23.0 Å². The van der Waals surface area contributed by atoms with Gasteiger partial charge in [-0.3, -0.25) is 0 Å². The van der Waals surface area contributed by atoms with Crippen molar-refractivity contribution in [3.05, 3.63) is 23.0 Å². The highest BCUT2D eigenvalue weighted by atomic mass is 35.5. The topological polar surface area (TPSA) is 43.8 Å². The Kier molecular flexibility index (Phi) is 2.79. The molecule has 0 saturated heterocycles. The highest BCUT2D eigenvalue weighted by molar-refractivity contribution is 6.55. The number of nitrogens with two attached hydrogens (primary N) is 1. The summed E-state index contributed by atoms with van der Waals surface area (Å²) in [6, 6.07) is 0. The van der Waals surface area contributed by atoms with E-state index in [1.165, 1.54) is 0 Å². The lowest BCUT2D eigenvalue weighted by atomic mass is 10.6. The van der Waals surface area contributed by atoms with E-state index < -0.39 is 0 Å². The maximum atomic E-state index is 5.46. The van der Waals surface area contributed by atoms with Gasteiger partial charge in [-0.2, -0.15) is 0 Å². The molecule has 0 amide bonds. The van der Waals surface area contributed by atoms with E-state index in [-0.39, 0.29) is 4.49 Å². The molecule has 2 N–H and O–H groups in total. The molecule has 1 aromatic rings. The molecule has 0 aliphatic rings. The molecule has 0 atom stereocenters. The average Bonchev–Trinajstić information content (AvgIpc) is 2.31. The van der Waals surface area contributed by atoms with E-state index in [4.69, 9.17) is 28.9 Å². The van der Waals surface area contributed by atoms with Crippen LogP contribution in [0.25, 0.3) is 0 Å². The molecule has 5 heteroatoms. The normalized spacial score (nSPS) is 9.64. The molecule has 1 heterocycles. The lowest BCUT2D eigenvalue weighted by Gasteiger charge is -1.97. The first-order valence-corrected chi connectivity index (χ1v) is 3.73. The quantitative estimate of drug-likeness (QED) is 0.775. The molecular weight excluding hydrogens is 185 g/mol. The molecule has 60 valence electrons. The highest BCUT2D eigenvalue weighted by Crippen LogP contribution is 2.07. The molecule has 0 aliphatic heterocycles. The van der Waals surface area contributed by atoms with Crippen molar-refractivity contribution >= 4 is 29.2 Å². The number of halogens is 2. The smallest absolute Gasteiger partial charge is 0.200 e. The van der Waals surface area contributed by atoms with E-state index in [2.05, 4.69) is 4.98 Å². The lowest BCUT2D eigenvalue weighted by molar-refractivity contribution is 0.835. The fourth-order valence-corrected chi connectivity index (χ4v) is 0.800. The summed E-state index contributed by atoms with van der Waals surface area (Å²) in [5, 5.41) is 0. The van der Waals surface area contributed by atoms with Crippen molar-refractivity contribution in [1.29, 1.82) is 0 Å². The van der Waals surface area contributed by atoms with Gasteiger partial charge < -0.3 is 10.3 Å². The number of nitrogens with zero attached hydrogens (tertiary/aromatic N) is 2. The number of nitrogen functional groups attached to an aromatic ring is 1. The average molecular weight is 192 g/mol. The summed E-state index contributed by atoms with van der Waals surface area (Å²) in [5.41, 5.74) is 5.46. The van der Waals surface area contributed by atoms with Crippen LogP contribution in [-0.4, -0.2) is 9.55 Å². The molecule has 11 heavy (non-hydrogen) atoms. The summed E-state index contributed by atoms with van der Waals surface area (Å²) in [4.78, 5) is 3.82. The van der Waals surface area contributed by atoms with Crippen LogP contribution in [0.2, 0.25) is 0 Å². The Hall–Kier alpha value is -0.670. The summed E-state index contributed by atoms with van der Waals surface area (Å²) >= 11 is 10.8. The number of anilines is 1. The summed E-state index contributed by atoms with van der Waals surface area (Å²) in [5.74, 6) is 0.454.